The van der Waals surface area contributed by atoms with Crippen LogP contribution in [0.25, 0.3) is 0 Å². The summed E-state index contributed by atoms with van der Waals surface area (Å²) in [5.41, 5.74) is -8.97. The third-order valence-corrected chi connectivity index (χ3v) is 3.98. The van der Waals surface area contributed by atoms with E-state index in [-0.39, 0.29) is 6.92 Å². The third kappa shape index (κ3) is 6.98. The number of rotatable bonds is 10. The van der Waals surface area contributed by atoms with Gasteiger partial charge in [-0.2, -0.15) is 5.26 Å². The normalized spacial score (nSPS) is 53.4. The van der Waals surface area contributed by atoms with E-state index in [4.69, 9.17) is 50.0 Å². The summed E-state index contributed by atoms with van der Waals surface area (Å²) in [5.74, 6) is -1.75. The summed E-state index contributed by atoms with van der Waals surface area (Å²) in [6.45, 7) is -21.8. The fourth-order valence-electron chi connectivity index (χ4n) is 2.35. The maximum atomic E-state index is 9.88. The van der Waals surface area contributed by atoms with Crippen LogP contribution in [-0.4, -0.2) is 55.7 Å². The molecule has 2 aromatic carbocycles. The molecule has 1 N–H and O–H groups in total. The monoisotopic (exact) mass is 512 g/mol. The zero-order valence-electron chi connectivity index (χ0n) is 51.8. The van der Waals surface area contributed by atoms with Crippen molar-refractivity contribution in [2.45, 2.75) is 69.4 Å². The summed E-state index contributed by atoms with van der Waals surface area (Å²) >= 11 is 0. The number of hydrogen-bond donors (Lipinski definition) is 1. The first-order valence-electron chi connectivity index (χ1n) is 26.6. The van der Waals surface area contributed by atoms with Gasteiger partial charge in [-0.25, -0.2) is 0 Å². The average molecular weight is 512 g/mol. The zero-order valence-corrected chi connectivity index (χ0v) is 17.8. The van der Waals surface area contributed by atoms with E-state index in [0.29, 0.717) is 0 Å². The lowest BCUT2D eigenvalue weighted by atomic mass is 9.79. The van der Waals surface area contributed by atoms with E-state index in [1.54, 1.807) is 0 Å². The highest BCUT2D eigenvalue weighted by Gasteiger charge is 2.38. The molecule has 2 aliphatic rings. The highest BCUT2D eigenvalue weighted by molar-refractivity contribution is 5.60. The maximum absolute atomic E-state index is 9.88. The van der Waals surface area contributed by atoms with Crippen LogP contribution >= 0.6 is 0 Å². The Kier molecular flexibility index (Phi) is 2.35. The number of benzene rings is 2. The Morgan fingerprint density at radius 1 is 1.23 bits per heavy atom. The van der Waals surface area contributed by atoms with Crippen LogP contribution in [0.15, 0.2) is 48.3 Å². The van der Waals surface area contributed by atoms with Crippen LogP contribution in [-0.2, 0) is 16.0 Å². The first-order valence-corrected chi connectivity index (χ1v) is 9.40. The van der Waals surface area contributed by atoms with Crippen molar-refractivity contribution in [3.05, 3.63) is 59.5 Å². The van der Waals surface area contributed by atoms with Gasteiger partial charge in [0.25, 0.3) is 0 Å². The molecule has 1 saturated carbocycles. The number of anilines is 1. The molecule has 0 bridgehead atoms. The number of ether oxygens (including phenoxy) is 3. The van der Waals surface area contributed by atoms with Crippen molar-refractivity contribution in [1.82, 2.24) is 4.90 Å². The van der Waals surface area contributed by atoms with Crippen molar-refractivity contribution in [3.63, 3.8) is 0 Å². The van der Waals surface area contributed by atoms with Gasteiger partial charge in [0, 0.05) is 53.6 Å². The van der Waals surface area contributed by atoms with E-state index in [1.807, 2.05) is 0 Å². The van der Waals surface area contributed by atoms with Crippen LogP contribution < -0.4 is 10.0 Å². The topological polar surface area (TPSA) is 66.8 Å². The molecule has 1 aliphatic carbocycles. The molecule has 6 heteroatoms. The van der Waals surface area contributed by atoms with E-state index >= 15 is 0 Å². The summed E-state index contributed by atoms with van der Waals surface area (Å²) < 4.78 is 308. The van der Waals surface area contributed by atoms with E-state index in [0.717, 1.165) is 0 Å². The third-order valence-electron chi connectivity index (χ3n) is 3.98. The molecular weight excluding hydrogens is 438 g/mol. The van der Waals surface area contributed by atoms with Crippen LogP contribution in [0.5, 0.6) is 5.75 Å². The smallest absolute Gasteiger partial charge is 0.160 e. The molecule has 0 spiro atoms. The van der Waals surface area contributed by atoms with Crippen molar-refractivity contribution < 1.29 is 60.9 Å². The Hall–Kier alpha value is -2.59. The molecule has 1 saturated heterocycles. The van der Waals surface area contributed by atoms with Gasteiger partial charge in [-0.05, 0) is 68.9 Å². The SMILES string of the molecule is [2H]COC([2H])([2H])C([2H])([2H])O[C@]1([2H])C([2H])([2H])C([2H])([2H])[C@@](C)(N2C([2H])([2H])C([2H])([2H])C([2H])(N([2H])c3c([2H])c(C#N)c([2H])c([2H])c3OC([2H])([2H])c3c([2H])c([2H])c([2H])c([2H])c3[2H])C([2H])([2H])C2([2H])[2H])C([2H])([2H])C1([2H])[2H]. The van der Waals surface area contributed by atoms with Crippen LogP contribution in [0.4, 0.5) is 5.69 Å². The molecule has 1 heterocycles. The van der Waals surface area contributed by atoms with Crippen molar-refractivity contribution >= 4 is 5.69 Å². The van der Waals surface area contributed by atoms with Gasteiger partial charge in [-0.3, -0.25) is 4.90 Å². The number of nitrogens with one attached hydrogen (secondary N) is 1. The molecule has 0 unspecified atom stereocenters. The van der Waals surface area contributed by atoms with Gasteiger partial charge in [0.2, 0.25) is 0 Å². The molecule has 0 atom stereocenters. The van der Waals surface area contributed by atoms with Crippen molar-refractivity contribution in [2.75, 3.05) is 38.5 Å². The Labute approximate surface area is 258 Å². The van der Waals surface area contributed by atoms with Crippen molar-refractivity contribution in [1.29, 1.82) is 5.26 Å². The van der Waals surface area contributed by atoms with Crippen LogP contribution in [0.1, 0.15) is 102 Å². The van der Waals surface area contributed by atoms with E-state index in [9.17, 15) is 6.63 Å². The number of methoxy groups -OCH3 is 1. The minimum atomic E-state index is -4.87. The minimum absolute atomic E-state index is 0.00396. The van der Waals surface area contributed by atoms with Gasteiger partial charge in [-0.1, -0.05) is 30.2 Å². The van der Waals surface area contributed by atoms with Gasteiger partial charge in [0.05, 0.1) is 59.8 Å². The lowest BCUT2D eigenvalue weighted by Gasteiger charge is -2.48. The predicted octanol–water partition coefficient (Wildman–Crippen LogP) is 5.38. The fraction of sp³-hybridized carbons (Fsp3) is 0.552. The molecule has 0 radical (unpaired) electrons. The van der Waals surface area contributed by atoms with Crippen molar-refractivity contribution in [3.8, 4) is 11.8 Å². The van der Waals surface area contributed by atoms with Crippen LogP contribution in [0.3, 0.4) is 0 Å². The number of likely N-dealkylation sites (tertiary alicyclic amines) is 1. The molecule has 2 fully saturated rings. The molecule has 1 aliphatic heterocycles. The fourth-order valence-corrected chi connectivity index (χ4v) is 2.35. The lowest BCUT2D eigenvalue weighted by Crippen LogP contribution is -2.53. The van der Waals surface area contributed by atoms with E-state index in [2.05, 4.69) is 9.47 Å². The highest BCUT2D eigenvalue weighted by Crippen LogP contribution is 2.37. The van der Waals surface area contributed by atoms with E-state index in [1.165, 1.54) is 6.07 Å². The summed E-state index contributed by atoms with van der Waals surface area (Å²) in [6, 6.07) is -14.2. The molecule has 2 aromatic rings. The Morgan fingerprint density at radius 2 is 2.00 bits per heavy atom. The second-order valence-electron chi connectivity index (χ2n) is 6.36. The van der Waals surface area contributed by atoms with Gasteiger partial charge in [0.1, 0.15) is 12.3 Å². The molecule has 0 amide bonds. The largest absolute Gasteiger partial charge is 0.487 e. The minimum Gasteiger partial charge on any atom is -0.487 e. The number of hydrogen-bond acceptors (Lipinski definition) is 6. The molecule has 4 rings (SSSR count). The van der Waals surface area contributed by atoms with Gasteiger partial charge >= 0.3 is 0 Å². The number of nitrogens with zero attached hydrogens (tertiary/aromatic N) is 2. The van der Waals surface area contributed by atoms with E-state index < -0.39 is 177 Å². The summed E-state index contributed by atoms with van der Waals surface area (Å²) in [5, 5.41) is 8.94. The standard InChI is InChI=1S/C29H39N3O3/c1-29(14-10-26(11-15-29)34-19-18-33-2)32-16-12-25(13-17-32)31-27-20-24(21-30)8-9-28(27)35-22-23-6-4-3-5-7-23/h3-9,20,25-26,31H,10-19,22H2,1-2H3/t26-,29-/i2D,3D,4D,5D,6D,7D,8D,9D,10D2,11D2,12D2,13D2,14D2,15D2,16D2,17D2,18D2,19D2,20D,22D2,25D,26D/hD. The van der Waals surface area contributed by atoms with Crippen LogP contribution in [0.2, 0.25) is 1.41 Å². The summed E-state index contributed by atoms with van der Waals surface area (Å²) in [7, 11) is -1.40. The summed E-state index contributed by atoms with van der Waals surface area (Å²) in [4.78, 5) is -1.03. The summed E-state index contributed by atoms with van der Waals surface area (Å²) in [6.07, 6.45) is -33.5. The molecule has 188 valence electrons. The highest BCUT2D eigenvalue weighted by atomic mass is 16.5. The average Bonchev–Trinajstić information content (AvgIpc) is 3.18. The molecule has 35 heavy (non-hydrogen) atoms. The zero-order chi connectivity index (χ0) is 54.6. The Morgan fingerprint density at radius 3 is 2.71 bits per heavy atom. The quantitative estimate of drug-likeness (QED) is 0.462. The first-order chi connectivity index (χ1) is 30.4. The Bertz CT molecular complexity index is 2380. The molecule has 0 aromatic heterocycles. The molecule has 6 nitrogen and oxygen atoms in total. The first kappa shape index (κ1) is 6.64. The Balaban J connectivity index is 2.13. The predicted molar refractivity (Wildman–Crippen MR) is 139 cm³/mol. The molecular formula is C29H39N3O3. The van der Waals surface area contributed by atoms with Gasteiger partial charge in [0.15, 0.2) is 1.41 Å². The number of piperidine rings is 1. The van der Waals surface area contributed by atoms with Crippen LogP contribution in [0, 0.1) is 11.3 Å². The van der Waals surface area contributed by atoms with Gasteiger partial charge in [-0.15, -0.1) is 0 Å². The van der Waals surface area contributed by atoms with Crippen molar-refractivity contribution in [2.24, 2.45) is 0 Å². The second-order valence-corrected chi connectivity index (χ2v) is 6.36. The lowest BCUT2D eigenvalue weighted by molar-refractivity contribution is -0.0398. The van der Waals surface area contributed by atoms with Gasteiger partial charge < -0.3 is 19.5 Å². The maximum Gasteiger partial charge on any atom is 0.160 e. The number of nitriles is 1. The second kappa shape index (κ2) is 12.4.